The van der Waals surface area contributed by atoms with E-state index >= 15 is 0 Å². The summed E-state index contributed by atoms with van der Waals surface area (Å²) in [6.45, 7) is 15.7. The number of pyridine rings is 1. The Balaban J connectivity index is 1.28. The zero-order valence-electron chi connectivity index (χ0n) is 20.8. The van der Waals surface area contributed by atoms with Crippen LogP contribution in [0, 0.1) is 0 Å². The van der Waals surface area contributed by atoms with Gasteiger partial charge in [-0.15, -0.1) is 0 Å². The Morgan fingerprint density at radius 3 is 2.70 bits per heavy atom. The number of piperazine rings is 1. The van der Waals surface area contributed by atoms with Crippen LogP contribution in [-0.4, -0.2) is 87.8 Å². The van der Waals surface area contributed by atoms with E-state index in [1.54, 1.807) is 0 Å². The predicted octanol–water partition coefficient (Wildman–Crippen LogP) is 3.69. The minimum absolute atomic E-state index is 0.291. The van der Waals surface area contributed by atoms with E-state index in [9.17, 15) is 0 Å². The van der Waals surface area contributed by atoms with E-state index in [0.717, 1.165) is 51.5 Å². The fourth-order valence-corrected chi connectivity index (χ4v) is 5.95. The SMILES string of the molecule is CC(C)N1CCN(C2=CC=CC3=NC(CN(C(C)C)C4CCCc5cccnc54)CN23)CC1. The molecule has 0 bridgehead atoms. The van der Waals surface area contributed by atoms with Gasteiger partial charge in [0.25, 0.3) is 0 Å². The molecule has 0 aromatic carbocycles. The number of allylic oxidation sites excluding steroid dienone is 2. The quantitative estimate of drug-likeness (QED) is 0.664. The highest BCUT2D eigenvalue weighted by molar-refractivity contribution is 5.96. The number of hydrogen-bond donors (Lipinski definition) is 0. The van der Waals surface area contributed by atoms with Gasteiger partial charge in [0.2, 0.25) is 0 Å². The highest BCUT2D eigenvalue weighted by atomic mass is 15.4. The Hall–Kier alpha value is -2.18. The second-order valence-corrected chi connectivity index (χ2v) is 10.5. The van der Waals surface area contributed by atoms with Crippen molar-refractivity contribution in [2.45, 2.75) is 71.1 Å². The molecule has 33 heavy (non-hydrogen) atoms. The van der Waals surface area contributed by atoms with Crippen LogP contribution < -0.4 is 0 Å². The van der Waals surface area contributed by atoms with E-state index < -0.39 is 0 Å². The van der Waals surface area contributed by atoms with Crippen molar-refractivity contribution in [2.24, 2.45) is 4.99 Å². The van der Waals surface area contributed by atoms with Gasteiger partial charge in [0.15, 0.2) is 0 Å². The van der Waals surface area contributed by atoms with Gasteiger partial charge < -0.3 is 9.80 Å². The van der Waals surface area contributed by atoms with Gasteiger partial charge in [0, 0.05) is 57.5 Å². The number of amidine groups is 1. The maximum atomic E-state index is 5.19. The summed E-state index contributed by atoms with van der Waals surface area (Å²) < 4.78 is 0. The van der Waals surface area contributed by atoms with E-state index in [4.69, 9.17) is 9.98 Å². The summed E-state index contributed by atoms with van der Waals surface area (Å²) >= 11 is 0. The second kappa shape index (κ2) is 9.59. The van der Waals surface area contributed by atoms with Gasteiger partial charge in [0.1, 0.15) is 11.7 Å². The summed E-state index contributed by atoms with van der Waals surface area (Å²) in [6, 6.07) is 6.15. The fourth-order valence-electron chi connectivity index (χ4n) is 5.95. The molecule has 0 saturated carbocycles. The highest BCUT2D eigenvalue weighted by Gasteiger charge is 2.35. The topological polar surface area (TPSA) is 38.2 Å². The number of rotatable bonds is 6. The standard InChI is InChI=1S/C27H40N6/c1-20(2)30-14-16-31(17-15-30)26-12-6-11-25-29-23(19-33(25)26)18-32(21(3)4)24-10-5-8-22-9-7-13-28-27(22)24/h6-7,9,11-13,20-21,23-24H,5,8,10,14-19H2,1-4H3. The van der Waals surface area contributed by atoms with Crippen molar-refractivity contribution in [3.8, 4) is 0 Å². The lowest BCUT2D eigenvalue weighted by Crippen LogP contribution is -2.51. The van der Waals surface area contributed by atoms with Gasteiger partial charge in [-0.2, -0.15) is 0 Å². The molecule has 6 nitrogen and oxygen atoms in total. The molecule has 1 aromatic heterocycles. The van der Waals surface area contributed by atoms with Crippen molar-refractivity contribution in [1.82, 2.24) is 24.6 Å². The molecular weight excluding hydrogens is 408 g/mol. The second-order valence-electron chi connectivity index (χ2n) is 10.5. The molecule has 3 aliphatic heterocycles. The van der Waals surface area contributed by atoms with Crippen molar-refractivity contribution >= 4 is 5.84 Å². The van der Waals surface area contributed by atoms with Crippen LogP contribution in [0.25, 0.3) is 0 Å². The van der Waals surface area contributed by atoms with E-state index in [2.05, 4.69) is 77.7 Å². The molecule has 0 N–H and O–H groups in total. The molecule has 0 amide bonds. The smallest absolute Gasteiger partial charge is 0.129 e. The summed E-state index contributed by atoms with van der Waals surface area (Å²) in [6.07, 6.45) is 12.2. The summed E-state index contributed by atoms with van der Waals surface area (Å²) in [7, 11) is 0. The van der Waals surface area contributed by atoms with E-state index in [-0.39, 0.29) is 0 Å². The predicted molar refractivity (Wildman–Crippen MR) is 135 cm³/mol. The van der Waals surface area contributed by atoms with Gasteiger partial charge in [0.05, 0.1) is 17.8 Å². The third kappa shape index (κ3) is 4.60. The molecule has 2 unspecified atom stereocenters. The molecule has 1 fully saturated rings. The lowest BCUT2D eigenvalue weighted by molar-refractivity contribution is 0.109. The largest absolute Gasteiger partial charge is 0.355 e. The lowest BCUT2D eigenvalue weighted by Gasteiger charge is -2.42. The van der Waals surface area contributed by atoms with Crippen LogP contribution in [0.4, 0.5) is 0 Å². The molecule has 6 heteroatoms. The fraction of sp³-hybridized carbons (Fsp3) is 0.630. The monoisotopic (exact) mass is 448 g/mol. The van der Waals surface area contributed by atoms with Crippen LogP contribution in [0.5, 0.6) is 0 Å². The zero-order chi connectivity index (χ0) is 22.9. The first-order chi connectivity index (χ1) is 16.0. The molecule has 1 aromatic rings. The number of nitrogens with zero attached hydrogens (tertiary/aromatic N) is 6. The van der Waals surface area contributed by atoms with Crippen LogP contribution in [0.1, 0.15) is 57.8 Å². The molecule has 1 aliphatic carbocycles. The molecule has 178 valence electrons. The van der Waals surface area contributed by atoms with Gasteiger partial charge in [-0.1, -0.05) is 12.1 Å². The molecule has 4 heterocycles. The Morgan fingerprint density at radius 1 is 1.12 bits per heavy atom. The summed E-state index contributed by atoms with van der Waals surface area (Å²) in [4.78, 5) is 20.3. The van der Waals surface area contributed by atoms with Gasteiger partial charge in [-0.3, -0.25) is 19.8 Å². The minimum Gasteiger partial charge on any atom is -0.355 e. The van der Waals surface area contributed by atoms with Crippen LogP contribution in [0.2, 0.25) is 0 Å². The molecule has 0 radical (unpaired) electrons. The number of aromatic nitrogens is 1. The van der Waals surface area contributed by atoms with Crippen molar-refractivity contribution in [3.05, 3.63) is 53.6 Å². The van der Waals surface area contributed by atoms with Crippen molar-refractivity contribution in [3.63, 3.8) is 0 Å². The zero-order valence-corrected chi connectivity index (χ0v) is 20.8. The molecule has 1 saturated heterocycles. The molecule has 4 aliphatic rings. The summed E-state index contributed by atoms with van der Waals surface area (Å²) in [5, 5.41) is 0. The van der Waals surface area contributed by atoms with Crippen LogP contribution in [-0.2, 0) is 6.42 Å². The molecule has 5 rings (SSSR count). The Kier molecular flexibility index (Phi) is 6.57. The lowest BCUT2D eigenvalue weighted by atomic mass is 9.90. The van der Waals surface area contributed by atoms with Crippen LogP contribution in [0.15, 0.2) is 47.4 Å². The third-order valence-corrected chi connectivity index (χ3v) is 7.77. The molecular formula is C27H40N6. The van der Waals surface area contributed by atoms with Crippen molar-refractivity contribution in [2.75, 3.05) is 39.3 Å². The number of aryl methyl sites for hydroxylation is 1. The molecule has 2 atom stereocenters. The highest BCUT2D eigenvalue weighted by Crippen LogP contribution is 2.35. The minimum atomic E-state index is 0.291. The average molecular weight is 449 g/mol. The van der Waals surface area contributed by atoms with Crippen molar-refractivity contribution in [1.29, 1.82) is 0 Å². The van der Waals surface area contributed by atoms with E-state index in [1.807, 2.05) is 6.20 Å². The average Bonchev–Trinajstić information content (AvgIpc) is 3.25. The van der Waals surface area contributed by atoms with Crippen molar-refractivity contribution < 1.29 is 0 Å². The number of hydrogen-bond acceptors (Lipinski definition) is 6. The van der Waals surface area contributed by atoms with Gasteiger partial charge in [-0.05, 0) is 70.7 Å². The summed E-state index contributed by atoms with van der Waals surface area (Å²) in [5.74, 6) is 2.47. The Bertz CT molecular complexity index is 924. The first kappa shape index (κ1) is 22.6. The van der Waals surface area contributed by atoms with Crippen LogP contribution in [0.3, 0.4) is 0 Å². The molecule has 0 spiro atoms. The normalized spacial score (nSPS) is 25.5. The number of fused-ring (bicyclic) bond motifs is 2. The first-order valence-electron chi connectivity index (χ1n) is 12.9. The van der Waals surface area contributed by atoms with Gasteiger partial charge in [-0.25, -0.2) is 0 Å². The Labute approximate surface area is 199 Å². The number of aliphatic imine (C=N–C) groups is 1. The first-order valence-corrected chi connectivity index (χ1v) is 12.9. The summed E-state index contributed by atoms with van der Waals surface area (Å²) in [5.41, 5.74) is 2.73. The Morgan fingerprint density at radius 2 is 1.94 bits per heavy atom. The van der Waals surface area contributed by atoms with E-state index in [1.165, 1.54) is 29.9 Å². The maximum Gasteiger partial charge on any atom is 0.129 e. The van der Waals surface area contributed by atoms with Crippen LogP contribution >= 0.6 is 0 Å². The van der Waals surface area contributed by atoms with Gasteiger partial charge >= 0.3 is 0 Å². The third-order valence-electron chi connectivity index (χ3n) is 7.77. The maximum absolute atomic E-state index is 5.19. The van der Waals surface area contributed by atoms with E-state index in [0.29, 0.717) is 24.2 Å².